The summed E-state index contributed by atoms with van der Waals surface area (Å²) in [6.45, 7) is 2.47. The Balaban J connectivity index is 1.86. The number of aliphatic carboxylic acids is 1. The highest BCUT2D eigenvalue weighted by Crippen LogP contribution is 2.24. The minimum absolute atomic E-state index is 0.148. The van der Waals surface area contributed by atoms with Crippen LogP contribution in [0.15, 0.2) is 60.7 Å². The van der Waals surface area contributed by atoms with Gasteiger partial charge in [0.25, 0.3) is 11.8 Å². The van der Waals surface area contributed by atoms with Gasteiger partial charge < -0.3 is 14.9 Å². The molecular weight excluding hydrogens is 344 g/mol. The zero-order valence-corrected chi connectivity index (χ0v) is 15.1. The van der Waals surface area contributed by atoms with E-state index in [0.29, 0.717) is 24.2 Å². The Morgan fingerprint density at radius 1 is 0.852 bits per heavy atom. The lowest BCUT2D eigenvalue weighted by Gasteiger charge is -2.46. The van der Waals surface area contributed by atoms with Crippen molar-refractivity contribution in [3.05, 3.63) is 71.8 Å². The van der Waals surface area contributed by atoms with E-state index < -0.39 is 18.1 Å². The van der Waals surface area contributed by atoms with Crippen LogP contribution in [0.3, 0.4) is 0 Å². The molecule has 27 heavy (non-hydrogen) atoms. The van der Waals surface area contributed by atoms with Crippen LogP contribution in [0.25, 0.3) is 0 Å². The number of carbonyl (C=O) groups is 3. The molecule has 1 aliphatic rings. The highest BCUT2D eigenvalue weighted by Gasteiger charge is 2.39. The van der Waals surface area contributed by atoms with Crippen molar-refractivity contribution in [2.45, 2.75) is 25.4 Å². The number of hydrogen-bond donors (Lipinski definition) is 1. The smallest absolute Gasteiger partial charge is 0.305 e. The minimum atomic E-state index is -0.994. The van der Waals surface area contributed by atoms with Crippen LogP contribution in [0.4, 0.5) is 0 Å². The summed E-state index contributed by atoms with van der Waals surface area (Å²) in [5.41, 5.74) is 1.07. The topological polar surface area (TPSA) is 77.9 Å². The van der Waals surface area contributed by atoms with E-state index in [4.69, 9.17) is 0 Å². The fraction of sp³-hybridized carbons (Fsp3) is 0.286. The van der Waals surface area contributed by atoms with E-state index in [1.54, 1.807) is 65.3 Å². The molecule has 2 aromatic carbocycles. The van der Waals surface area contributed by atoms with Crippen LogP contribution >= 0.6 is 0 Å². The molecule has 1 aliphatic heterocycles. The molecule has 1 fully saturated rings. The molecule has 0 aromatic heterocycles. The molecule has 0 radical (unpaired) electrons. The van der Waals surface area contributed by atoms with Crippen LogP contribution in [-0.4, -0.2) is 57.9 Å². The van der Waals surface area contributed by atoms with Crippen LogP contribution in [0.5, 0.6) is 0 Å². The van der Waals surface area contributed by atoms with Crippen molar-refractivity contribution < 1.29 is 19.5 Å². The lowest BCUT2D eigenvalue weighted by molar-refractivity contribution is -0.139. The van der Waals surface area contributed by atoms with Crippen molar-refractivity contribution in [1.29, 1.82) is 0 Å². The average Bonchev–Trinajstić information content (AvgIpc) is 2.69. The summed E-state index contributed by atoms with van der Waals surface area (Å²) in [7, 11) is 0. The fourth-order valence-corrected chi connectivity index (χ4v) is 3.54. The summed E-state index contributed by atoms with van der Waals surface area (Å²) >= 11 is 0. The molecular formula is C21H22N2O4. The molecule has 0 aliphatic carbocycles. The van der Waals surface area contributed by atoms with Gasteiger partial charge in [-0.15, -0.1) is 0 Å². The molecule has 0 bridgehead atoms. The lowest BCUT2D eigenvalue weighted by atomic mass is 9.97. The first-order valence-electron chi connectivity index (χ1n) is 8.93. The standard InChI is InChI=1S/C21H22N2O4/c1-15-18(14-19(24)25)23(21(27)17-10-6-3-7-11-17)13-12-22(15)20(26)16-8-4-2-5-9-16/h2-11,15,18H,12-14H2,1H3,(H,24,25)/t15-,18-/m0/s1. The largest absolute Gasteiger partial charge is 0.481 e. The van der Waals surface area contributed by atoms with E-state index in [-0.39, 0.29) is 18.2 Å². The molecule has 0 unspecified atom stereocenters. The summed E-state index contributed by atoms with van der Waals surface area (Å²) in [5.74, 6) is -1.35. The van der Waals surface area contributed by atoms with E-state index >= 15 is 0 Å². The summed E-state index contributed by atoms with van der Waals surface area (Å²) < 4.78 is 0. The molecule has 6 heteroatoms. The number of hydrogen-bond acceptors (Lipinski definition) is 3. The number of carboxylic acids is 1. The highest BCUT2D eigenvalue weighted by molar-refractivity contribution is 5.96. The average molecular weight is 366 g/mol. The second-order valence-corrected chi connectivity index (χ2v) is 6.63. The Hall–Kier alpha value is -3.15. The molecule has 2 amide bonds. The third-order valence-corrected chi connectivity index (χ3v) is 4.98. The number of rotatable bonds is 4. The molecule has 0 spiro atoms. The Labute approximate surface area is 158 Å². The van der Waals surface area contributed by atoms with Crippen molar-refractivity contribution >= 4 is 17.8 Å². The van der Waals surface area contributed by atoms with Crippen LogP contribution in [-0.2, 0) is 4.79 Å². The number of benzene rings is 2. The SMILES string of the molecule is C[C@H]1[C@H](CC(=O)O)N(C(=O)c2ccccc2)CCN1C(=O)c1ccccc1. The summed E-state index contributed by atoms with van der Waals surface area (Å²) in [6, 6.07) is 16.7. The van der Waals surface area contributed by atoms with E-state index in [2.05, 4.69) is 0 Å². The Morgan fingerprint density at radius 3 is 1.78 bits per heavy atom. The predicted octanol–water partition coefficient (Wildman–Crippen LogP) is 2.52. The van der Waals surface area contributed by atoms with Crippen LogP contribution < -0.4 is 0 Å². The van der Waals surface area contributed by atoms with Crippen LogP contribution in [0, 0.1) is 0 Å². The van der Waals surface area contributed by atoms with Crippen LogP contribution in [0.1, 0.15) is 34.1 Å². The maximum Gasteiger partial charge on any atom is 0.305 e. The number of piperazine rings is 1. The van der Waals surface area contributed by atoms with Gasteiger partial charge in [0.15, 0.2) is 0 Å². The minimum Gasteiger partial charge on any atom is -0.481 e. The molecule has 1 heterocycles. The Bertz CT molecular complexity index is 823. The Morgan fingerprint density at radius 2 is 1.30 bits per heavy atom. The van der Waals surface area contributed by atoms with E-state index in [1.807, 2.05) is 12.1 Å². The van der Waals surface area contributed by atoms with E-state index in [9.17, 15) is 19.5 Å². The van der Waals surface area contributed by atoms with Gasteiger partial charge in [-0.1, -0.05) is 36.4 Å². The van der Waals surface area contributed by atoms with E-state index in [1.165, 1.54) is 0 Å². The fourth-order valence-electron chi connectivity index (χ4n) is 3.54. The van der Waals surface area contributed by atoms with Crippen molar-refractivity contribution in [2.24, 2.45) is 0 Å². The van der Waals surface area contributed by atoms with Gasteiger partial charge in [0, 0.05) is 24.2 Å². The van der Waals surface area contributed by atoms with Gasteiger partial charge in [0.05, 0.1) is 18.5 Å². The van der Waals surface area contributed by atoms with Gasteiger partial charge in [-0.3, -0.25) is 14.4 Å². The van der Waals surface area contributed by atoms with Gasteiger partial charge >= 0.3 is 5.97 Å². The molecule has 2 atom stereocenters. The zero-order valence-electron chi connectivity index (χ0n) is 15.1. The zero-order chi connectivity index (χ0) is 19.4. The molecule has 0 saturated carbocycles. The molecule has 140 valence electrons. The summed E-state index contributed by atoms with van der Waals surface area (Å²) in [6.07, 6.45) is -0.210. The normalized spacial score (nSPS) is 19.6. The number of carboxylic acid groups (broad SMARTS) is 1. The molecule has 6 nitrogen and oxygen atoms in total. The number of amides is 2. The van der Waals surface area contributed by atoms with Gasteiger partial charge in [0.2, 0.25) is 0 Å². The summed E-state index contributed by atoms with van der Waals surface area (Å²) in [4.78, 5) is 40.4. The highest BCUT2D eigenvalue weighted by atomic mass is 16.4. The molecule has 1 N–H and O–H groups in total. The lowest BCUT2D eigenvalue weighted by Crippen LogP contribution is -2.61. The van der Waals surface area contributed by atoms with Crippen molar-refractivity contribution in [3.63, 3.8) is 0 Å². The van der Waals surface area contributed by atoms with Crippen molar-refractivity contribution in [2.75, 3.05) is 13.1 Å². The van der Waals surface area contributed by atoms with E-state index in [0.717, 1.165) is 0 Å². The number of nitrogens with zero attached hydrogens (tertiary/aromatic N) is 2. The first kappa shape index (κ1) is 18.6. The van der Waals surface area contributed by atoms with Gasteiger partial charge in [-0.2, -0.15) is 0 Å². The Kier molecular flexibility index (Phi) is 5.54. The third kappa shape index (κ3) is 4.00. The second-order valence-electron chi connectivity index (χ2n) is 6.63. The van der Waals surface area contributed by atoms with Gasteiger partial charge in [-0.25, -0.2) is 0 Å². The third-order valence-electron chi connectivity index (χ3n) is 4.98. The molecule has 2 aromatic rings. The van der Waals surface area contributed by atoms with Gasteiger partial charge in [-0.05, 0) is 31.2 Å². The van der Waals surface area contributed by atoms with Crippen molar-refractivity contribution in [3.8, 4) is 0 Å². The predicted molar refractivity (Wildman–Crippen MR) is 100 cm³/mol. The first-order valence-corrected chi connectivity index (χ1v) is 8.93. The summed E-state index contributed by atoms with van der Waals surface area (Å²) in [5, 5.41) is 9.35. The maximum atomic E-state index is 12.9. The number of carbonyl (C=O) groups excluding carboxylic acids is 2. The molecule has 1 saturated heterocycles. The maximum absolute atomic E-state index is 12.9. The van der Waals surface area contributed by atoms with Gasteiger partial charge in [0.1, 0.15) is 0 Å². The second kappa shape index (κ2) is 8.03. The monoisotopic (exact) mass is 366 g/mol. The van der Waals surface area contributed by atoms with Crippen LogP contribution in [0.2, 0.25) is 0 Å². The van der Waals surface area contributed by atoms with Crippen molar-refractivity contribution in [1.82, 2.24) is 9.80 Å². The molecule has 3 rings (SSSR count). The first-order chi connectivity index (χ1) is 13.0. The quantitative estimate of drug-likeness (QED) is 0.902.